The molecule has 21 heavy (non-hydrogen) atoms. The molecular weight excluding hydrogens is 267 g/mol. The van der Waals surface area contributed by atoms with Gasteiger partial charge in [-0.3, -0.25) is 0 Å². The van der Waals surface area contributed by atoms with E-state index in [2.05, 4.69) is 0 Å². The molecule has 0 aliphatic carbocycles. The Morgan fingerprint density at radius 1 is 1.19 bits per heavy atom. The molecule has 0 bridgehead atoms. The molecule has 1 unspecified atom stereocenters. The molecule has 3 heteroatoms. The molecule has 0 aliphatic heterocycles. The van der Waals surface area contributed by atoms with Crippen molar-refractivity contribution in [3.8, 4) is 5.75 Å². The Morgan fingerprint density at radius 3 is 2.52 bits per heavy atom. The van der Waals surface area contributed by atoms with Crippen molar-refractivity contribution < 1.29 is 14.2 Å². The minimum atomic E-state index is -1.13. The summed E-state index contributed by atoms with van der Waals surface area (Å²) in [5.74, 6) is 0.366. The van der Waals surface area contributed by atoms with Crippen LogP contribution in [0.3, 0.4) is 0 Å². The number of halogens is 1. The number of aliphatic hydroxyl groups is 1. The van der Waals surface area contributed by atoms with E-state index in [0.717, 1.165) is 22.3 Å². The Labute approximate surface area is 125 Å². The largest absolute Gasteiger partial charge is 0.496 e. The second-order valence-electron chi connectivity index (χ2n) is 5.74. The number of rotatable bonds is 4. The fraction of sp³-hybridized carbons (Fsp3) is 0.333. The van der Waals surface area contributed by atoms with Crippen molar-refractivity contribution in [3.05, 3.63) is 64.5 Å². The summed E-state index contributed by atoms with van der Waals surface area (Å²) in [6.07, 6.45) is 0.324. The lowest BCUT2D eigenvalue weighted by Crippen LogP contribution is -2.26. The topological polar surface area (TPSA) is 29.5 Å². The maximum absolute atomic E-state index is 13.3. The highest BCUT2D eigenvalue weighted by Crippen LogP contribution is 2.36. The van der Waals surface area contributed by atoms with Gasteiger partial charge in [0, 0.05) is 12.0 Å². The normalized spacial score (nSPS) is 13.8. The highest BCUT2D eigenvalue weighted by atomic mass is 19.1. The van der Waals surface area contributed by atoms with Crippen LogP contribution in [0.4, 0.5) is 4.39 Å². The fourth-order valence-electron chi connectivity index (χ4n) is 2.91. The molecule has 0 aliphatic rings. The highest BCUT2D eigenvalue weighted by molar-refractivity contribution is 5.47. The van der Waals surface area contributed by atoms with Gasteiger partial charge in [0.25, 0.3) is 0 Å². The maximum atomic E-state index is 13.3. The van der Waals surface area contributed by atoms with Gasteiger partial charge in [0.05, 0.1) is 12.7 Å². The third-order valence-corrected chi connectivity index (χ3v) is 3.64. The van der Waals surface area contributed by atoms with E-state index in [1.165, 1.54) is 12.1 Å². The number of ether oxygens (including phenoxy) is 1. The predicted molar refractivity (Wildman–Crippen MR) is 82.1 cm³/mol. The van der Waals surface area contributed by atoms with Crippen LogP contribution in [-0.2, 0) is 12.0 Å². The van der Waals surface area contributed by atoms with Crippen molar-refractivity contribution in [1.29, 1.82) is 0 Å². The Kier molecular flexibility index (Phi) is 4.33. The number of hydrogen-bond acceptors (Lipinski definition) is 2. The minimum Gasteiger partial charge on any atom is -0.496 e. The molecule has 2 aromatic carbocycles. The van der Waals surface area contributed by atoms with Gasteiger partial charge < -0.3 is 9.84 Å². The van der Waals surface area contributed by atoms with Crippen LogP contribution >= 0.6 is 0 Å². The quantitative estimate of drug-likeness (QED) is 0.924. The molecular formula is C18H21FO2. The summed E-state index contributed by atoms with van der Waals surface area (Å²) in [7, 11) is 1.59. The van der Waals surface area contributed by atoms with E-state index < -0.39 is 5.60 Å². The molecule has 0 spiro atoms. The van der Waals surface area contributed by atoms with Crippen molar-refractivity contribution in [2.75, 3.05) is 7.11 Å². The molecule has 2 aromatic rings. The second kappa shape index (κ2) is 5.86. The molecule has 2 rings (SSSR count). The van der Waals surface area contributed by atoms with Crippen molar-refractivity contribution in [2.24, 2.45) is 0 Å². The smallest absolute Gasteiger partial charge is 0.125 e. The summed E-state index contributed by atoms with van der Waals surface area (Å²) in [4.78, 5) is 0. The van der Waals surface area contributed by atoms with Crippen LogP contribution in [0.2, 0.25) is 0 Å². The number of hydrogen-bond donors (Lipinski definition) is 1. The van der Waals surface area contributed by atoms with Gasteiger partial charge in [-0.2, -0.15) is 0 Å². The van der Waals surface area contributed by atoms with Crippen LogP contribution in [0.5, 0.6) is 5.75 Å². The lowest BCUT2D eigenvalue weighted by molar-refractivity contribution is 0.0542. The summed E-state index contributed by atoms with van der Waals surface area (Å²) < 4.78 is 18.7. The summed E-state index contributed by atoms with van der Waals surface area (Å²) in [5.41, 5.74) is 2.42. The summed E-state index contributed by atoms with van der Waals surface area (Å²) in [6, 6.07) is 10.2. The molecule has 0 heterocycles. The van der Waals surface area contributed by atoms with Gasteiger partial charge in [-0.15, -0.1) is 0 Å². The van der Waals surface area contributed by atoms with Crippen LogP contribution in [-0.4, -0.2) is 12.2 Å². The first-order chi connectivity index (χ1) is 9.83. The van der Waals surface area contributed by atoms with Gasteiger partial charge in [0.1, 0.15) is 11.6 Å². The van der Waals surface area contributed by atoms with Crippen molar-refractivity contribution in [2.45, 2.75) is 32.8 Å². The number of methoxy groups -OCH3 is 1. The molecule has 1 N–H and O–H groups in total. The Balaban J connectivity index is 2.44. The van der Waals surface area contributed by atoms with Crippen molar-refractivity contribution >= 4 is 0 Å². The maximum Gasteiger partial charge on any atom is 0.125 e. The molecule has 0 radical (unpaired) electrons. The van der Waals surface area contributed by atoms with E-state index in [1.807, 2.05) is 32.0 Å². The third kappa shape index (κ3) is 3.42. The zero-order valence-corrected chi connectivity index (χ0v) is 12.9. The minimum absolute atomic E-state index is 0.295. The van der Waals surface area contributed by atoms with Gasteiger partial charge >= 0.3 is 0 Å². The Morgan fingerprint density at radius 2 is 1.90 bits per heavy atom. The fourth-order valence-corrected chi connectivity index (χ4v) is 2.91. The standard InChI is InChI=1S/C18H21FO2/c1-12-8-13(2)17(16(9-12)21-4)18(3,20)11-14-6-5-7-15(19)10-14/h5-10,20H,11H2,1-4H3. The number of benzene rings is 2. The summed E-state index contributed by atoms with van der Waals surface area (Å²) in [6.45, 7) is 5.67. The van der Waals surface area contributed by atoms with Crippen LogP contribution in [0, 0.1) is 19.7 Å². The zero-order valence-electron chi connectivity index (χ0n) is 12.9. The third-order valence-electron chi connectivity index (χ3n) is 3.64. The van der Waals surface area contributed by atoms with Gasteiger partial charge in [0.2, 0.25) is 0 Å². The predicted octanol–water partition coefficient (Wildman–Crippen LogP) is 3.90. The molecule has 0 saturated carbocycles. The molecule has 112 valence electrons. The van der Waals surface area contributed by atoms with Gasteiger partial charge in [-0.25, -0.2) is 4.39 Å². The lowest BCUT2D eigenvalue weighted by Gasteiger charge is -2.28. The first-order valence-electron chi connectivity index (χ1n) is 6.96. The van der Waals surface area contributed by atoms with E-state index in [-0.39, 0.29) is 5.82 Å². The molecule has 0 fully saturated rings. The molecule has 0 aromatic heterocycles. The van der Waals surface area contributed by atoms with E-state index >= 15 is 0 Å². The van der Waals surface area contributed by atoms with E-state index in [9.17, 15) is 9.50 Å². The average molecular weight is 288 g/mol. The lowest BCUT2D eigenvalue weighted by atomic mass is 9.85. The molecule has 1 atom stereocenters. The van der Waals surface area contributed by atoms with Gasteiger partial charge in [-0.1, -0.05) is 18.2 Å². The molecule has 2 nitrogen and oxygen atoms in total. The average Bonchev–Trinajstić information content (AvgIpc) is 2.36. The van der Waals surface area contributed by atoms with E-state index in [0.29, 0.717) is 12.2 Å². The second-order valence-corrected chi connectivity index (χ2v) is 5.74. The summed E-state index contributed by atoms with van der Waals surface area (Å²) in [5, 5.41) is 10.9. The zero-order chi connectivity index (χ0) is 15.6. The highest BCUT2D eigenvalue weighted by Gasteiger charge is 2.29. The Hall–Kier alpha value is -1.87. The van der Waals surface area contributed by atoms with Gasteiger partial charge in [-0.05, 0) is 55.7 Å². The van der Waals surface area contributed by atoms with Crippen LogP contribution in [0.25, 0.3) is 0 Å². The van der Waals surface area contributed by atoms with E-state index in [4.69, 9.17) is 4.74 Å². The first kappa shape index (κ1) is 15.5. The SMILES string of the molecule is COc1cc(C)cc(C)c1C(C)(O)Cc1cccc(F)c1. The monoisotopic (exact) mass is 288 g/mol. The van der Waals surface area contributed by atoms with Crippen LogP contribution < -0.4 is 4.74 Å². The molecule has 0 saturated heterocycles. The summed E-state index contributed by atoms with van der Waals surface area (Å²) >= 11 is 0. The van der Waals surface area contributed by atoms with Crippen LogP contribution in [0.1, 0.15) is 29.2 Å². The molecule has 0 amide bonds. The number of aryl methyl sites for hydroxylation is 2. The van der Waals surface area contributed by atoms with Crippen molar-refractivity contribution in [1.82, 2.24) is 0 Å². The van der Waals surface area contributed by atoms with E-state index in [1.54, 1.807) is 20.1 Å². The van der Waals surface area contributed by atoms with Crippen molar-refractivity contribution in [3.63, 3.8) is 0 Å². The van der Waals surface area contributed by atoms with Crippen LogP contribution in [0.15, 0.2) is 36.4 Å². The first-order valence-corrected chi connectivity index (χ1v) is 6.96. The Bertz CT molecular complexity index is 648. The van der Waals surface area contributed by atoms with Gasteiger partial charge in [0.15, 0.2) is 0 Å².